The number of carboxylic acids is 1. The molecule has 108 valence electrons. The van der Waals surface area contributed by atoms with Crippen molar-refractivity contribution in [1.82, 2.24) is 9.97 Å². The van der Waals surface area contributed by atoms with Gasteiger partial charge >= 0.3 is 5.97 Å². The van der Waals surface area contributed by atoms with Gasteiger partial charge in [-0.15, -0.1) is 0 Å². The lowest BCUT2D eigenvalue weighted by Gasteiger charge is -2.09. The molecule has 7 heteroatoms. The van der Waals surface area contributed by atoms with Crippen molar-refractivity contribution in [2.75, 3.05) is 5.32 Å². The average Bonchev–Trinajstić information content (AvgIpc) is 2.45. The Morgan fingerprint density at radius 3 is 2.52 bits per heavy atom. The second-order valence-electron chi connectivity index (χ2n) is 4.40. The molecule has 2 aromatic rings. The topological polar surface area (TPSA) is 118 Å². The van der Waals surface area contributed by atoms with E-state index in [9.17, 15) is 9.59 Å². The van der Waals surface area contributed by atoms with Crippen molar-refractivity contribution in [1.29, 1.82) is 0 Å². The lowest BCUT2D eigenvalue weighted by Crippen LogP contribution is -2.16. The smallest absolute Gasteiger partial charge is 0.335 e. The highest BCUT2D eigenvalue weighted by Gasteiger charge is 2.10. The monoisotopic (exact) mass is 286 g/mol. The van der Waals surface area contributed by atoms with Crippen LogP contribution in [-0.4, -0.2) is 27.0 Å². The second kappa shape index (κ2) is 6.00. The number of carboxylic acid groups (broad SMARTS) is 1. The Labute approximate surface area is 120 Å². The van der Waals surface area contributed by atoms with Crippen LogP contribution in [0.5, 0.6) is 0 Å². The number of nitrogens with one attached hydrogen (secondary N) is 1. The predicted octanol–water partition coefficient (Wildman–Crippen LogP) is 1.19. The van der Waals surface area contributed by atoms with Gasteiger partial charge in [-0.05, 0) is 24.6 Å². The molecule has 4 N–H and O–H groups in total. The van der Waals surface area contributed by atoms with Gasteiger partial charge in [0.15, 0.2) is 0 Å². The molecule has 1 heterocycles. The number of hydrogen-bond acceptors (Lipinski definition) is 5. The number of benzene rings is 1. The highest BCUT2D eigenvalue weighted by Crippen LogP contribution is 2.13. The molecule has 21 heavy (non-hydrogen) atoms. The molecule has 1 aromatic carbocycles. The van der Waals surface area contributed by atoms with E-state index in [1.165, 1.54) is 18.3 Å². The quantitative estimate of drug-likeness (QED) is 0.759. The van der Waals surface area contributed by atoms with Crippen molar-refractivity contribution in [2.24, 2.45) is 5.73 Å². The first-order chi connectivity index (χ1) is 9.97. The van der Waals surface area contributed by atoms with Crippen LogP contribution in [-0.2, 0) is 6.54 Å². The Hall–Kier alpha value is -2.96. The normalized spacial score (nSPS) is 10.1. The summed E-state index contributed by atoms with van der Waals surface area (Å²) < 4.78 is 0. The van der Waals surface area contributed by atoms with Crippen LogP contribution in [0.3, 0.4) is 0 Å². The third-order valence-corrected chi connectivity index (χ3v) is 2.84. The highest BCUT2D eigenvalue weighted by atomic mass is 16.4. The molecule has 0 saturated carbocycles. The number of primary amides is 1. The molecular formula is C14H14N4O3. The number of carbonyl (C=O) groups excluding carboxylic acids is 1. The number of amides is 1. The van der Waals surface area contributed by atoms with Crippen molar-refractivity contribution < 1.29 is 14.7 Å². The summed E-state index contributed by atoms with van der Waals surface area (Å²) in [6.45, 7) is 2.09. The number of hydrogen-bond donors (Lipinski definition) is 3. The number of rotatable bonds is 5. The Bertz CT molecular complexity index is 683. The summed E-state index contributed by atoms with van der Waals surface area (Å²) in [5, 5.41) is 11.8. The third kappa shape index (κ3) is 3.53. The van der Waals surface area contributed by atoms with Gasteiger partial charge in [0.1, 0.15) is 11.6 Å². The van der Waals surface area contributed by atoms with Gasteiger partial charge in [0.25, 0.3) is 5.91 Å². The summed E-state index contributed by atoms with van der Waals surface area (Å²) in [7, 11) is 0. The number of aromatic nitrogens is 2. The maximum Gasteiger partial charge on any atom is 0.335 e. The van der Waals surface area contributed by atoms with Crippen LogP contribution in [0.4, 0.5) is 5.82 Å². The lowest BCUT2D eigenvalue weighted by atomic mass is 10.1. The molecule has 1 aromatic heterocycles. The number of aromatic carboxylic acids is 1. The van der Waals surface area contributed by atoms with Gasteiger partial charge in [0, 0.05) is 12.7 Å². The molecule has 7 nitrogen and oxygen atoms in total. The maximum absolute atomic E-state index is 11.3. The molecule has 0 aliphatic carbocycles. The minimum Gasteiger partial charge on any atom is -0.478 e. The molecule has 0 unspecified atom stereocenters. The number of anilines is 1. The van der Waals surface area contributed by atoms with Crippen molar-refractivity contribution in [2.45, 2.75) is 13.5 Å². The molecule has 2 rings (SSSR count). The first-order valence-electron chi connectivity index (χ1n) is 6.17. The molecular weight excluding hydrogens is 272 g/mol. The van der Waals surface area contributed by atoms with Gasteiger partial charge in [-0.2, -0.15) is 0 Å². The zero-order valence-corrected chi connectivity index (χ0v) is 11.3. The Morgan fingerprint density at radius 1 is 1.29 bits per heavy atom. The number of aryl methyl sites for hydroxylation is 1. The second-order valence-corrected chi connectivity index (χ2v) is 4.40. The van der Waals surface area contributed by atoms with E-state index >= 15 is 0 Å². The van der Waals surface area contributed by atoms with Gasteiger partial charge in [-0.3, -0.25) is 4.79 Å². The molecule has 0 aliphatic rings. The zero-order chi connectivity index (χ0) is 15.4. The molecule has 0 saturated heterocycles. The number of nitrogens with two attached hydrogens (primary N) is 1. The minimum absolute atomic E-state index is 0.211. The summed E-state index contributed by atoms with van der Waals surface area (Å²) in [4.78, 5) is 30.1. The van der Waals surface area contributed by atoms with E-state index in [2.05, 4.69) is 15.3 Å². The average molecular weight is 286 g/mol. The first kappa shape index (κ1) is 14.4. The van der Waals surface area contributed by atoms with E-state index in [1.807, 2.05) is 0 Å². The largest absolute Gasteiger partial charge is 0.478 e. The van der Waals surface area contributed by atoms with Crippen LogP contribution in [0.25, 0.3) is 0 Å². The van der Waals surface area contributed by atoms with Crippen molar-refractivity contribution in [3.8, 4) is 0 Å². The maximum atomic E-state index is 11.3. The number of carbonyl (C=O) groups is 2. The fourth-order valence-electron chi connectivity index (χ4n) is 1.74. The molecule has 0 aliphatic heterocycles. The Balaban J connectivity index is 2.14. The van der Waals surface area contributed by atoms with E-state index in [4.69, 9.17) is 10.8 Å². The summed E-state index contributed by atoms with van der Waals surface area (Å²) in [6, 6.07) is 6.40. The van der Waals surface area contributed by atoms with Crippen molar-refractivity contribution in [3.63, 3.8) is 0 Å². The summed E-state index contributed by atoms with van der Waals surface area (Å²) >= 11 is 0. The molecule has 0 spiro atoms. The predicted molar refractivity (Wildman–Crippen MR) is 76.0 cm³/mol. The van der Waals surface area contributed by atoms with Gasteiger partial charge in [-0.1, -0.05) is 12.1 Å². The Morgan fingerprint density at radius 2 is 1.95 bits per heavy atom. The summed E-state index contributed by atoms with van der Waals surface area (Å²) in [5.41, 5.74) is 6.54. The van der Waals surface area contributed by atoms with E-state index < -0.39 is 11.9 Å². The first-order valence-corrected chi connectivity index (χ1v) is 6.17. The number of nitrogens with zero attached hydrogens (tertiary/aromatic N) is 2. The molecule has 0 bridgehead atoms. The van der Waals surface area contributed by atoms with Crippen molar-refractivity contribution >= 4 is 17.7 Å². The van der Waals surface area contributed by atoms with Gasteiger partial charge in [0.2, 0.25) is 0 Å². The molecule has 0 atom stereocenters. The van der Waals surface area contributed by atoms with Crippen LogP contribution in [0.15, 0.2) is 30.5 Å². The van der Waals surface area contributed by atoms with E-state index in [0.29, 0.717) is 18.2 Å². The van der Waals surface area contributed by atoms with E-state index in [-0.39, 0.29) is 11.1 Å². The fourth-order valence-corrected chi connectivity index (χ4v) is 1.74. The Kier molecular flexibility index (Phi) is 4.13. The van der Waals surface area contributed by atoms with E-state index in [1.54, 1.807) is 19.1 Å². The zero-order valence-electron chi connectivity index (χ0n) is 11.3. The molecule has 1 amide bonds. The van der Waals surface area contributed by atoms with Crippen molar-refractivity contribution in [3.05, 3.63) is 53.0 Å². The standard InChI is InChI=1S/C14H14N4O3/c1-8-16-7-11(12(15)19)13(18-8)17-6-9-2-4-10(5-3-9)14(20)21/h2-5,7H,6H2,1H3,(H2,15,19)(H,20,21)(H,16,17,18). The minimum atomic E-state index is -0.975. The van der Waals surface area contributed by atoms with Gasteiger partial charge in [-0.25, -0.2) is 14.8 Å². The fraction of sp³-hybridized carbons (Fsp3) is 0.143. The summed E-state index contributed by atoms with van der Waals surface area (Å²) in [5.74, 6) is -0.711. The van der Waals surface area contributed by atoms with E-state index in [0.717, 1.165) is 5.56 Å². The SMILES string of the molecule is Cc1ncc(C(N)=O)c(NCc2ccc(C(=O)O)cc2)n1. The molecule has 0 fully saturated rings. The van der Waals surface area contributed by atoms with Crippen LogP contribution < -0.4 is 11.1 Å². The van der Waals surface area contributed by atoms with Crippen LogP contribution in [0.1, 0.15) is 32.1 Å². The third-order valence-electron chi connectivity index (χ3n) is 2.84. The van der Waals surface area contributed by atoms with Crippen LogP contribution in [0, 0.1) is 6.92 Å². The van der Waals surface area contributed by atoms with Crippen LogP contribution in [0.2, 0.25) is 0 Å². The van der Waals surface area contributed by atoms with Gasteiger partial charge in [0.05, 0.1) is 11.1 Å². The van der Waals surface area contributed by atoms with Crippen LogP contribution >= 0.6 is 0 Å². The highest BCUT2D eigenvalue weighted by molar-refractivity contribution is 5.97. The lowest BCUT2D eigenvalue weighted by molar-refractivity contribution is 0.0696. The van der Waals surface area contributed by atoms with Gasteiger partial charge < -0.3 is 16.2 Å². The molecule has 0 radical (unpaired) electrons. The summed E-state index contributed by atoms with van der Waals surface area (Å²) in [6.07, 6.45) is 1.38.